The van der Waals surface area contributed by atoms with Gasteiger partial charge in [0.2, 0.25) is 0 Å². The first-order chi connectivity index (χ1) is 8.85. The average Bonchev–Trinajstić information content (AvgIpc) is 2.91. The Labute approximate surface area is 119 Å². The van der Waals surface area contributed by atoms with Crippen LogP contribution in [0.3, 0.4) is 0 Å². The lowest BCUT2D eigenvalue weighted by atomic mass is 10.0. The fraction of sp³-hybridized carbons (Fsp3) is 0.714. The molecule has 0 saturated carbocycles. The van der Waals surface area contributed by atoms with Gasteiger partial charge >= 0.3 is 0 Å². The third-order valence-electron chi connectivity index (χ3n) is 3.39. The zero-order valence-electron chi connectivity index (χ0n) is 11.2. The molecule has 1 aromatic rings. The molecule has 102 valence electrons. The Hall–Kier alpha value is -0.0600. The second kappa shape index (κ2) is 7.51. The van der Waals surface area contributed by atoms with Crippen molar-refractivity contribution >= 4 is 23.5 Å². The van der Waals surface area contributed by atoms with Gasteiger partial charge in [0.25, 0.3) is 0 Å². The van der Waals surface area contributed by atoms with Gasteiger partial charge in [0.05, 0.1) is 12.5 Å². The first-order valence-corrected chi connectivity index (χ1v) is 8.92. The van der Waals surface area contributed by atoms with E-state index in [1.807, 2.05) is 6.26 Å². The molecule has 3 atom stereocenters. The van der Waals surface area contributed by atoms with Crippen LogP contribution >= 0.6 is 23.5 Å². The van der Waals surface area contributed by atoms with Crippen molar-refractivity contribution in [2.24, 2.45) is 0 Å². The monoisotopic (exact) mass is 285 g/mol. The van der Waals surface area contributed by atoms with Gasteiger partial charge in [-0.2, -0.15) is 23.5 Å². The topological polar surface area (TPSA) is 25.2 Å². The van der Waals surface area contributed by atoms with Gasteiger partial charge in [-0.05, 0) is 31.0 Å². The van der Waals surface area contributed by atoms with Gasteiger partial charge in [0.1, 0.15) is 0 Å². The van der Waals surface area contributed by atoms with Gasteiger partial charge in [0, 0.05) is 28.0 Å². The van der Waals surface area contributed by atoms with Gasteiger partial charge in [-0.1, -0.05) is 13.8 Å². The zero-order chi connectivity index (χ0) is 12.8. The van der Waals surface area contributed by atoms with Crippen molar-refractivity contribution in [3.63, 3.8) is 0 Å². The van der Waals surface area contributed by atoms with Crippen molar-refractivity contribution < 1.29 is 4.42 Å². The second-order valence-corrected chi connectivity index (χ2v) is 7.29. The highest BCUT2D eigenvalue weighted by Gasteiger charge is 2.31. The van der Waals surface area contributed by atoms with E-state index in [1.165, 1.54) is 23.5 Å². The summed E-state index contributed by atoms with van der Waals surface area (Å²) in [5.41, 5.74) is 1.31. The number of furan rings is 1. The highest BCUT2D eigenvalue weighted by molar-refractivity contribution is 8.07. The van der Waals surface area contributed by atoms with E-state index in [9.17, 15) is 0 Å². The molecule has 2 nitrogen and oxygen atoms in total. The van der Waals surface area contributed by atoms with E-state index in [2.05, 4.69) is 48.8 Å². The van der Waals surface area contributed by atoms with Crippen LogP contribution in [0.2, 0.25) is 0 Å². The highest BCUT2D eigenvalue weighted by atomic mass is 32.2. The van der Waals surface area contributed by atoms with Gasteiger partial charge in [0.15, 0.2) is 0 Å². The van der Waals surface area contributed by atoms with Crippen LogP contribution in [-0.4, -0.2) is 34.6 Å². The molecule has 2 rings (SSSR count). The predicted molar refractivity (Wildman–Crippen MR) is 82.7 cm³/mol. The fourth-order valence-electron chi connectivity index (χ4n) is 2.54. The number of hydrogen-bond acceptors (Lipinski definition) is 4. The summed E-state index contributed by atoms with van der Waals surface area (Å²) in [4.78, 5) is 0. The van der Waals surface area contributed by atoms with Crippen LogP contribution < -0.4 is 5.32 Å². The Bertz CT molecular complexity index is 329. The molecule has 1 fully saturated rings. The summed E-state index contributed by atoms with van der Waals surface area (Å²) in [6, 6.07) is 2.65. The van der Waals surface area contributed by atoms with E-state index in [1.54, 1.807) is 6.26 Å². The van der Waals surface area contributed by atoms with Crippen LogP contribution in [0.25, 0.3) is 0 Å². The van der Waals surface area contributed by atoms with Gasteiger partial charge in [-0.3, -0.25) is 0 Å². The quantitative estimate of drug-likeness (QED) is 0.866. The van der Waals surface area contributed by atoms with E-state index < -0.39 is 0 Å². The maximum Gasteiger partial charge on any atom is 0.0935 e. The van der Waals surface area contributed by atoms with Gasteiger partial charge < -0.3 is 9.73 Å². The molecule has 4 heteroatoms. The predicted octanol–water partition coefficient (Wildman–Crippen LogP) is 3.43. The molecule has 2 heterocycles. The van der Waals surface area contributed by atoms with Gasteiger partial charge in [-0.25, -0.2) is 0 Å². The Balaban J connectivity index is 2.02. The Morgan fingerprint density at radius 1 is 1.39 bits per heavy atom. The van der Waals surface area contributed by atoms with E-state index in [0.29, 0.717) is 6.04 Å². The van der Waals surface area contributed by atoms with Crippen LogP contribution in [0.4, 0.5) is 0 Å². The smallest absolute Gasteiger partial charge is 0.0935 e. The SMILES string of the molecule is CCNC(Cc1ccoc1)C1SCCSC1CC. The molecule has 3 unspecified atom stereocenters. The van der Waals surface area contributed by atoms with Crippen LogP contribution in [0.1, 0.15) is 25.8 Å². The lowest BCUT2D eigenvalue weighted by molar-refractivity contribution is 0.486. The van der Waals surface area contributed by atoms with Crippen LogP contribution in [0.15, 0.2) is 23.0 Å². The van der Waals surface area contributed by atoms with E-state index in [-0.39, 0.29) is 0 Å². The summed E-state index contributed by atoms with van der Waals surface area (Å²) in [5.74, 6) is 2.60. The molecule has 1 saturated heterocycles. The van der Waals surface area contributed by atoms with Gasteiger partial charge in [-0.15, -0.1) is 0 Å². The van der Waals surface area contributed by atoms with Crippen molar-refractivity contribution in [1.29, 1.82) is 0 Å². The van der Waals surface area contributed by atoms with E-state index >= 15 is 0 Å². The highest BCUT2D eigenvalue weighted by Crippen LogP contribution is 2.36. The maximum absolute atomic E-state index is 5.19. The molecule has 0 aromatic carbocycles. The van der Waals surface area contributed by atoms with Crippen molar-refractivity contribution in [3.8, 4) is 0 Å². The molecular formula is C14H23NOS2. The van der Waals surface area contributed by atoms with Crippen molar-refractivity contribution in [1.82, 2.24) is 5.32 Å². The normalized spacial score (nSPS) is 26.1. The number of rotatable bonds is 6. The average molecular weight is 285 g/mol. The molecule has 0 radical (unpaired) electrons. The minimum atomic E-state index is 0.565. The Kier molecular flexibility index (Phi) is 5.99. The number of likely N-dealkylation sites (N-methyl/N-ethyl adjacent to an activating group) is 1. The number of nitrogens with one attached hydrogen (secondary N) is 1. The zero-order valence-corrected chi connectivity index (χ0v) is 12.9. The van der Waals surface area contributed by atoms with Crippen LogP contribution in [0.5, 0.6) is 0 Å². The molecule has 0 amide bonds. The number of hydrogen-bond donors (Lipinski definition) is 1. The van der Waals surface area contributed by atoms with Crippen molar-refractivity contribution in [3.05, 3.63) is 24.2 Å². The maximum atomic E-state index is 5.19. The summed E-state index contributed by atoms with van der Waals surface area (Å²) < 4.78 is 5.19. The summed E-state index contributed by atoms with van der Waals surface area (Å²) >= 11 is 4.31. The molecule has 1 aromatic heterocycles. The third-order valence-corrected chi connectivity index (χ3v) is 6.80. The summed E-state index contributed by atoms with van der Waals surface area (Å²) in [6.45, 7) is 5.56. The van der Waals surface area contributed by atoms with Crippen LogP contribution in [0, 0.1) is 0 Å². The van der Waals surface area contributed by atoms with E-state index in [0.717, 1.165) is 23.5 Å². The Morgan fingerprint density at radius 2 is 2.22 bits per heavy atom. The molecule has 0 bridgehead atoms. The Morgan fingerprint density at radius 3 is 2.89 bits per heavy atom. The summed E-state index contributed by atoms with van der Waals surface area (Å²) in [6.07, 6.45) is 6.01. The minimum absolute atomic E-state index is 0.565. The first-order valence-electron chi connectivity index (χ1n) is 6.82. The molecule has 1 N–H and O–H groups in total. The van der Waals surface area contributed by atoms with Crippen molar-refractivity contribution in [2.45, 2.75) is 43.2 Å². The molecule has 1 aliphatic heterocycles. The molecule has 18 heavy (non-hydrogen) atoms. The van der Waals surface area contributed by atoms with Crippen LogP contribution in [-0.2, 0) is 6.42 Å². The second-order valence-electron chi connectivity index (χ2n) is 4.65. The lowest BCUT2D eigenvalue weighted by Gasteiger charge is -2.36. The van der Waals surface area contributed by atoms with E-state index in [4.69, 9.17) is 4.42 Å². The summed E-state index contributed by atoms with van der Waals surface area (Å²) in [7, 11) is 0. The molecular weight excluding hydrogens is 262 g/mol. The molecule has 0 aliphatic carbocycles. The fourth-order valence-corrected chi connectivity index (χ4v) is 5.80. The largest absolute Gasteiger partial charge is 0.472 e. The standard InChI is InChI=1S/C14H23NOS2/c1-3-13-14(18-8-7-17-13)12(15-4-2)9-11-5-6-16-10-11/h5-6,10,12-15H,3-4,7-9H2,1-2H3. The number of thioether (sulfide) groups is 2. The van der Waals surface area contributed by atoms with Crippen molar-refractivity contribution in [2.75, 3.05) is 18.1 Å². The molecule has 0 spiro atoms. The molecule has 1 aliphatic rings. The first kappa shape index (κ1) is 14.4. The minimum Gasteiger partial charge on any atom is -0.472 e. The summed E-state index contributed by atoms with van der Waals surface area (Å²) in [5, 5.41) is 5.20. The third kappa shape index (κ3) is 3.72. The lowest BCUT2D eigenvalue weighted by Crippen LogP contribution is -2.46.